The van der Waals surface area contributed by atoms with E-state index in [4.69, 9.17) is 0 Å². The predicted molar refractivity (Wildman–Crippen MR) is 50.4 cm³/mol. The van der Waals surface area contributed by atoms with Crippen molar-refractivity contribution < 1.29 is 26.3 Å². The number of hydrogen-bond acceptors (Lipinski definition) is 3. The van der Waals surface area contributed by atoms with Crippen molar-refractivity contribution in [2.24, 2.45) is 0 Å². The number of hydrogen-bond donors (Lipinski definition) is 1. The van der Waals surface area contributed by atoms with Crippen molar-refractivity contribution in [1.29, 1.82) is 0 Å². The van der Waals surface area contributed by atoms with Crippen LogP contribution in [0.1, 0.15) is 0 Å². The Morgan fingerprint density at radius 3 is 2.56 bits per heavy atom. The molecule has 0 aliphatic carbocycles. The molecule has 0 aromatic heterocycles. The molecule has 0 spiro atoms. The van der Waals surface area contributed by atoms with Gasteiger partial charge in [0, 0.05) is 6.07 Å². The normalized spacial score (nSPS) is 12.2. The molecule has 1 aromatic carbocycles. The van der Waals surface area contributed by atoms with Crippen LogP contribution in [0.5, 0.6) is 5.75 Å². The molecule has 4 nitrogen and oxygen atoms in total. The summed E-state index contributed by atoms with van der Waals surface area (Å²) in [6.45, 7) is 0. The number of rotatable bonds is 3. The maximum atomic E-state index is 11.9. The standard InChI is InChI=1S/C8H7F3NO3S/c1-16(13,14)12-6-4-2-3-5-7(6)15-8(9,10)11/h2-4,12H,1H3. The largest absolute Gasteiger partial charge is 0.573 e. The van der Waals surface area contributed by atoms with Crippen molar-refractivity contribution in [2.45, 2.75) is 6.36 Å². The van der Waals surface area contributed by atoms with E-state index < -0.39 is 22.1 Å². The molecule has 16 heavy (non-hydrogen) atoms. The Labute approximate surface area is 90.1 Å². The van der Waals surface area contributed by atoms with E-state index in [1.165, 1.54) is 12.1 Å². The van der Waals surface area contributed by atoms with E-state index in [1.54, 1.807) is 0 Å². The van der Waals surface area contributed by atoms with Crippen LogP contribution in [0.4, 0.5) is 18.9 Å². The van der Waals surface area contributed by atoms with Crippen LogP contribution in [0.2, 0.25) is 0 Å². The Morgan fingerprint density at radius 1 is 1.44 bits per heavy atom. The summed E-state index contributed by atoms with van der Waals surface area (Å²) < 4.78 is 63.0. The van der Waals surface area contributed by atoms with Crippen LogP contribution in [0.25, 0.3) is 0 Å². The van der Waals surface area contributed by atoms with E-state index in [2.05, 4.69) is 10.8 Å². The molecule has 0 saturated heterocycles. The summed E-state index contributed by atoms with van der Waals surface area (Å²) in [4.78, 5) is 0. The quantitative estimate of drug-likeness (QED) is 0.894. The molecule has 8 heteroatoms. The summed E-state index contributed by atoms with van der Waals surface area (Å²) in [5.41, 5.74) is -0.317. The number of para-hydroxylation sites is 1. The third kappa shape index (κ3) is 4.39. The minimum absolute atomic E-state index is 0.317. The van der Waals surface area contributed by atoms with Gasteiger partial charge < -0.3 is 4.74 Å². The van der Waals surface area contributed by atoms with Crippen LogP contribution < -0.4 is 9.46 Å². The molecule has 0 saturated carbocycles. The number of benzene rings is 1. The second kappa shape index (κ2) is 4.20. The number of nitrogens with one attached hydrogen (secondary N) is 1. The van der Waals surface area contributed by atoms with Crippen LogP contribution in [-0.4, -0.2) is 21.0 Å². The van der Waals surface area contributed by atoms with Gasteiger partial charge in [0.05, 0.1) is 11.9 Å². The average molecular weight is 254 g/mol. The Bertz CT molecular complexity index is 470. The van der Waals surface area contributed by atoms with E-state index in [0.717, 1.165) is 12.3 Å². The first-order chi connectivity index (χ1) is 7.17. The molecule has 89 valence electrons. The number of ether oxygens (including phenoxy) is 1. The Kier molecular flexibility index (Phi) is 3.32. The fraction of sp³-hybridized carbons (Fsp3) is 0.250. The molecule has 0 bridgehead atoms. The Hall–Kier alpha value is -1.44. The van der Waals surface area contributed by atoms with Gasteiger partial charge in [-0.1, -0.05) is 12.1 Å². The van der Waals surface area contributed by atoms with Crippen molar-refractivity contribution in [3.63, 3.8) is 0 Å². The van der Waals surface area contributed by atoms with E-state index in [0.29, 0.717) is 0 Å². The van der Waals surface area contributed by atoms with Crippen LogP contribution in [0, 0.1) is 6.07 Å². The molecule has 0 unspecified atom stereocenters. The second-order valence-electron chi connectivity index (χ2n) is 2.83. The Balaban J connectivity index is 3.01. The van der Waals surface area contributed by atoms with Crippen LogP contribution in [0.15, 0.2) is 18.2 Å². The average Bonchev–Trinajstić information content (AvgIpc) is 2.03. The Morgan fingerprint density at radius 2 is 2.06 bits per heavy atom. The smallest absolute Gasteiger partial charge is 0.403 e. The van der Waals surface area contributed by atoms with Crippen LogP contribution in [-0.2, 0) is 10.0 Å². The molecule has 1 radical (unpaired) electrons. The zero-order valence-corrected chi connectivity index (χ0v) is 8.82. The van der Waals surface area contributed by atoms with Gasteiger partial charge in [0.2, 0.25) is 10.0 Å². The molecular weight excluding hydrogens is 247 g/mol. The van der Waals surface area contributed by atoms with Gasteiger partial charge in [-0.25, -0.2) is 8.42 Å². The number of sulfonamides is 1. The molecule has 1 N–H and O–H groups in total. The van der Waals surface area contributed by atoms with Crippen LogP contribution in [0.3, 0.4) is 0 Å². The number of anilines is 1. The molecular formula is C8H7F3NO3S. The maximum Gasteiger partial charge on any atom is 0.573 e. The SMILES string of the molecule is CS(=O)(=O)Nc1ccc[c]c1OC(F)(F)F. The fourth-order valence-electron chi connectivity index (χ4n) is 0.902. The first kappa shape index (κ1) is 12.6. The minimum Gasteiger partial charge on any atom is -0.403 e. The summed E-state index contributed by atoms with van der Waals surface area (Å²) in [5, 5.41) is 0. The lowest BCUT2D eigenvalue weighted by Gasteiger charge is -2.12. The highest BCUT2D eigenvalue weighted by molar-refractivity contribution is 7.92. The highest BCUT2D eigenvalue weighted by Gasteiger charge is 2.32. The molecule has 0 aliphatic heterocycles. The van der Waals surface area contributed by atoms with Crippen molar-refractivity contribution in [1.82, 2.24) is 0 Å². The van der Waals surface area contributed by atoms with Crippen molar-refractivity contribution in [3.8, 4) is 5.75 Å². The second-order valence-corrected chi connectivity index (χ2v) is 4.58. The topological polar surface area (TPSA) is 55.4 Å². The number of alkyl halides is 3. The van der Waals surface area contributed by atoms with Gasteiger partial charge in [-0.05, 0) is 6.07 Å². The summed E-state index contributed by atoms with van der Waals surface area (Å²) >= 11 is 0. The monoisotopic (exact) mass is 254 g/mol. The molecule has 0 aliphatic rings. The number of halogens is 3. The first-order valence-corrected chi connectivity index (χ1v) is 5.81. The van der Waals surface area contributed by atoms with Gasteiger partial charge in [-0.3, -0.25) is 4.72 Å². The molecule has 0 atom stereocenters. The summed E-state index contributed by atoms with van der Waals surface area (Å²) in [7, 11) is -3.67. The van der Waals surface area contributed by atoms with E-state index in [9.17, 15) is 21.6 Å². The molecule has 1 rings (SSSR count). The van der Waals surface area contributed by atoms with Gasteiger partial charge >= 0.3 is 6.36 Å². The van der Waals surface area contributed by atoms with Gasteiger partial charge in [0.25, 0.3) is 0 Å². The van der Waals surface area contributed by atoms with E-state index in [1.807, 2.05) is 4.72 Å². The van der Waals surface area contributed by atoms with E-state index in [-0.39, 0.29) is 5.69 Å². The first-order valence-electron chi connectivity index (χ1n) is 3.91. The van der Waals surface area contributed by atoms with E-state index >= 15 is 0 Å². The summed E-state index contributed by atoms with van der Waals surface area (Å²) in [5.74, 6) is -0.722. The lowest BCUT2D eigenvalue weighted by Crippen LogP contribution is -2.19. The van der Waals surface area contributed by atoms with Crippen LogP contribution >= 0.6 is 0 Å². The molecule has 0 amide bonds. The van der Waals surface area contributed by atoms with Crippen molar-refractivity contribution in [2.75, 3.05) is 11.0 Å². The molecule has 0 heterocycles. The molecule has 1 aromatic rings. The highest BCUT2D eigenvalue weighted by Crippen LogP contribution is 2.29. The summed E-state index contributed by atoms with van der Waals surface area (Å²) in [6.07, 6.45) is -4.08. The lowest BCUT2D eigenvalue weighted by atomic mass is 10.3. The fourth-order valence-corrected chi connectivity index (χ4v) is 1.46. The third-order valence-electron chi connectivity index (χ3n) is 1.33. The zero-order chi connectivity index (χ0) is 12.4. The van der Waals surface area contributed by atoms with Crippen molar-refractivity contribution in [3.05, 3.63) is 24.3 Å². The van der Waals surface area contributed by atoms with Gasteiger partial charge in [-0.2, -0.15) is 0 Å². The summed E-state index contributed by atoms with van der Waals surface area (Å²) in [6, 6.07) is 5.79. The highest BCUT2D eigenvalue weighted by atomic mass is 32.2. The van der Waals surface area contributed by atoms with Crippen molar-refractivity contribution >= 4 is 15.7 Å². The predicted octanol–water partition coefficient (Wildman–Crippen LogP) is 1.76. The minimum atomic E-state index is -4.90. The van der Waals surface area contributed by atoms with Gasteiger partial charge in [-0.15, -0.1) is 13.2 Å². The third-order valence-corrected chi connectivity index (χ3v) is 1.92. The zero-order valence-electron chi connectivity index (χ0n) is 8.00. The molecule has 0 fully saturated rings. The van der Waals surface area contributed by atoms with Gasteiger partial charge in [0.15, 0.2) is 5.75 Å². The lowest BCUT2D eigenvalue weighted by molar-refractivity contribution is -0.274. The van der Waals surface area contributed by atoms with Gasteiger partial charge in [0.1, 0.15) is 0 Å². The maximum absolute atomic E-state index is 11.9.